The van der Waals surface area contributed by atoms with E-state index in [2.05, 4.69) is 32.3 Å². The van der Waals surface area contributed by atoms with E-state index in [4.69, 9.17) is 38.0 Å². The smallest absolute Gasteiger partial charge is 0.458 e. The molecule has 2 aromatic heterocycles. The minimum atomic E-state index is -1.39. The molecule has 0 aromatic carbocycles. The number of esters is 1. The number of pyridine rings is 2. The van der Waals surface area contributed by atoms with Crippen LogP contribution in [0.3, 0.4) is 0 Å². The molecule has 0 spiro atoms. The fourth-order valence-electron chi connectivity index (χ4n) is 9.27. The molecule has 14 atom stereocenters. The molecule has 2 aromatic rings. The van der Waals surface area contributed by atoms with Gasteiger partial charge in [0.25, 0.3) is 5.91 Å². The van der Waals surface area contributed by atoms with Gasteiger partial charge < -0.3 is 53.3 Å². The number of aliphatic hydroxyl groups is 1. The number of likely N-dealkylation sites (N-methyl/N-ethyl adjacent to an activating group) is 1. The van der Waals surface area contributed by atoms with Gasteiger partial charge in [0.05, 0.1) is 35.5 Å². The summed E-state index contributed by atoms with van der Waals surface area (Å²) >= 11 is 0. The Kier molecular flexibility index (Phi) is 16.7. The number of fused-ring (bicyclic) bond motifs is 1. The number of methoxy groups -OCH3 is 1. The molecule has 0 bridgehead atoms. The lowest BCUT2D eigenvalue weighted by Gasteiger charge is -2.48. The zero-order chi connectivity index (χ0) is 46.2. The summed E-state index contributed by atoms with van der Waals surface area (Å²) in [5.74, 6) is 2.92. The van der Waals surface area contributed by atoms with Gasteiger partial charge >= 0.3 is 12.1 Å². The number of amides is 1. The Balaban J connectivity index is 1.53. The maximum absolute atomic E-state index is 14.5. The van der Waals surface area contributed by atoms with Gasteiger partial charge in [-0.2, -0.15) is 0 Å². The predicted molar refractivity (Wildman–Crippen MR) is 231 cm³/mol. The lowest BCUT2D eigenvalue weighted by molar-refractivity contribution is -0.302. The molecule has 0 aliphatic carbocycles. The Morgan fingerprint density at radius 1 is 1.05 bits per heavy atom. The number of aliphatic hydroxyl groups excluding tert-OH is 1. The lowest BCUT2D eigenvalue weighted by Crippen LogP contribution is -2.60. The van der Waals surface area contributed by atoms with Crippen LogP contribution in [0.5, 0.6) is 0 Å². The van der Waals surface area contributed by atoms with Crippen LogP contribution in [-0.4, -0.2) is 139 Å². The van der Waals surface area contributed by atoms with Crippen molar-refractivity contribution in [3.05, 3.63) is 54.0 Å². The number of anilines is 1. The van der Waals surface area contributed by atoms with Gasteiger partial charge in [0.15, 0.2) is 18.0 Å². The van der Waals surface area contributed by atoms with Crippen molar-refractivity contribution in [2.45, 2.75) is 135 Å². The molecular formula is C46H65N5O12. The fourth-order valence-corrected chi connectivity index (χ4v) is 9.27. The molecule has 5 heterocycles. The Morgan fingerprint density at radius 2 is 1.79 bits per heavy atom. The first kappa shape index (κ1) is 49.3. The first-order valence-corrected chi connectivity index (χ1v) is 21.6. The fraction of sp³-hybridized carbons (Fsp3) is 0.652. The summed E-state index contributed by atoms with van der Waals surface area (Å²) in [4.78, 5) is 55.7. The maximum atomic E-state index is 14.5. The SMILES string of the molecule is CC[C@H]1OC(=O)[C@H](C)[C@@H](OCC#Cc2ccc(NC(=O)c3ccccn3)nc2)[C@H](C)[C@@H](O[C@@H]2O[C@H](C)C[C@H](N(C)C)[C@H]2O)[C@](C)(OC)C[C@@H](C)/C(=N\OC)[C@H](C)[C@H]2OC(=O)O[C@@]21C. The number of nitrogens with zero attached hydrogens (tertiary/aromatic N) is 4. The van der Waals surface area contributed by atoms with Gasteiger partial charge in [-0.05, 0) is 85.3 Å². The summed E-state index contributed by atoms with van der Waals surface area (Å²) in [6.45, 7) is 14.7. The van der Waals surface area contributed by atoms with Crippen LogP contribution in [0.2, 0.25) is 0 Å². The molecule has 17 nitrogen and oxygen atoms in total. The summed E-state index contributed by atoms with van der Waals surface area (Å²) in [5, 5.41) is 18.9. The molecular weight excluding hydrogens is 815 g/mol. The number of ether oxygens (including phenoxy) is 7. The number of carbonyl (C=O) groups excluding carboxylic acids is 3. The van der Waals surface area contributed by atoms with Gasteiger partial charge in [-0.25, -0.2) is 9.78 Å². The highest BCUT2D eigenvalue weighted by molar-refractivity contribution is 6.02. The maximum Gasteiger partial charge on any atom is 0.509 e. The third kappa shape index (κ3) is 11.3. The van der Waals surface area contributed by atoms with Crippen molar-refractivity contribution in [1.29, 1.82) is 0 Å². The average molecular weight is 880 g/mol. The number of hydrogen-bond acceptors (Lipinski definition) is 16. The van der Waals surface area contributed by atoms with Crippen LogP contribution in [0.25, 0.3) is 0 Å². The van der Waals surface area contributed by atoms with Gasteiger partial charge in [0.2, 0.25) is 0 Å². The van der Waals surface area contributed by atoms with Crippen LogP contribution < -0.4 is 5.32 Å². The van der Waals surface area contributed by atoms with Crippen molar-refractivity contribution in [3.63, 3.8) is 0 Å². The molecule has 3 aliphatic heterocycles. The molecule has 3 aliphatic rings. The highest BCUT2D eigenvalue weighted by Crippen LogP contribution is 2.43. The van der Waals surface area contributed by atoms with E-state index in [9.17, 15) is 19.5 Å². The van der Waals surface area contributed by atoms with E-state index in [-0.39, 0.29) is 30.4 Å². The van der Waals surface area contributed by atoms with E-state index in [1.165, 1.54) is 19.5 Å². The molecule has 3 saturated heterocycles. The average Bonchev–Trinajstić information content (AvgIpc) is 3.58. The summed E-state index contributed by atoms with van der Waals surface area (Å²) in [5.41, 5.74) is -1.16. The summed E-state index contributed by atoms with van der Waals surface area (Å²) in [7, 11) is 6.83. The van der Waals surface area contributed by atoms with Gasteiger partial charge in [-0.1, -0.05) is 50.8 Å². The van der Waals surface area contributed by atoms with Crippen LogP contribution in [0.15, 0.2) is 47.9 Å². The summed E-state index contributed by atoms with van der Waals surface area (Å²) in [6, 6.07) is 8.13. The normalized spacial score (nSPS) is 35.9. The molecule has 3 fully saturated rings. The Morgan fingerprint density at radius 3 is 2.41 bits per heavy atom. The van der Waals surface area contributed by atoms with E-state index in [1.807, 2.05) is 60.5 Å². The molecule has 5 rings (SSSR count). The van der Waals surface area contributed by atoms with Crippen molar-refractivity contribution in [3.8, 4) is 11.8 Å². The van der Waals surface area contributed by atoms with Crippen molar-refractivity contribution in [2.75, 3.05) is 40.2 Å². The molecule has 2 N–H and O–H groups in total. The van der Waals surface area contributed by atoms with E-state index in [1.54, 1.807) is 51.3 Å². The molecule has 17 heteroatoms. The zero-order valence-corrected chi connectivity index (χ0v) is 38.5. The van der Waals surface area contributed by atoms with Crippen LogP contribution in [0.1, 0.15) is 90.7 Å². The first-order valence-electron chi connectivity index (χ1n) is 21.6. The van der Waals surface area contributed by atoms with Crippen LogP contribution in [0, 0.1) is 35.5 Å². The van der Waals surface area contributed by atoms with Gasteiger partial charge in [0, 0.05) is 48.9 Å². The van der Waals surface area contributed by atoms with Crippen molar-refractivity contribution >= 4 is 29.6 Å². The number of oxime groups is 1. The van der Waals surface area contributed by atoms with Crippen LogP contribution >= 0.6 is 0 Å². The minimum Gasteiger partial charge on any atom is -0.458 e. The Hall–Kier alpha value is -4.70. The zero-order valence-electron chi connectivity index (χ0n) is 38.5. The first-order chi connectivity index (χ1) is 29.9. The monoisotopic (exact) mass is 879 g/mol. The van der Waals surface area contributed by atoms with Crippen molar-refractivity contribution in [1.82, 2.24) is 14.9 Å². The molecule has 346 valence electrons. The number of rotatable bonds is 10. The molecule has 0 saturated carbocycles. The van der Waals surface area contributed by atoms with Gasteiger partial charge in [0.1, 0.15) is 37.4 Å². The minimum absolute atomic E-state index is 0.121. The van der Waals surface area contributed by atoms with E-state index in [0.717, 1.165) is 0 Å². The van der Waals surface area contributed by atoms with Gasteiger partial charge in [-0.15, -0.1) is 0 Å². The molecule has 0 radical (unpaired) electrons. The summed E-state index contributed by atoms with van der Waals surface area (Å²) in [6.07, 6.45) is -2.62. The highest BCUT2D eigenvalue weighted by atomic mass is 16.8. The topological polar surface area (TPSA) is 199 Å². The number of nitrogens with one attached hydrogen (secondary N) is 1. The van der Waals surface area contributed by atoms with Crippen LogP contribution in [-0.2, 0) is 42.8 Å². The second kappa shape index (κ2) is 21.3. The molecule has 0 unspecified atom stereocenters. The third-order valence-corrected chi connectivity index (χ3v) is 12.7. The number of cyclic esters (lactones) is 1. The Bertz CT molecular complexity index is 1960. The van der Waals surface area contributed by atoms with Crippen molar-refractivity contribution in [2.24, 2.45) is 28.8 Å². The van der Waals surface area contributed by atoms with E-state index >= 15 is 0 Å². The van der Waals surface area contributed by atoms with E-state index < -0.39 is 83.8 Å². The van der Waals surface area contributed by atoms with E-state index in [0.29, 0.717) is 36.4 Å². The lowest BCUT2D eigenvalue weighted by atomic mass is 9.73. The quantitative estimate of drug-likeness (QED) is 0.178. The number of hydrogen-bond donors (Lipinski definition) is 2. The number of aromatic nitrogens is 2. The summed E-state index contributed by atoms with van der Waals surface area (Å²) < 4.78 is 44.3. The largest absolute Gasteiger partial charge is 0.509 e. The third-order valence-electron chi connectivity index (χ3n) is 12.7. The van der Waals surface area contributed by atoms with Gasteiger partial charge in [-0.3, -0.25) is 14.6 Å². The molecule has 63 heavy (non-hydrogen) atoms. The predicted octanol–water partition coefficient (Wildman–Crippen LogP) is 5.25. The number of carbonyl (C=O) groups is 3. The van der Waals surface area contributed by atoms with Crippen LogP contribution in [0.4, 0.5) is 10.6 Å². The molecule has 1 amide bonds. The highest BCUT2D eigenvalue weighted by Gasteiger charge is 2.59. The van der Waals surface area contributed by atoms with Crippen molar-refractivity contribution < 1.29 is 57.5 Å². The standard InChI is InChI=1S/C46H65N5O12/c1-13-34-46(8)40(62-44(55)63-46)28(4)36(50-57-12)26(2)24-45(7,56-11)39(61-43-37(52)33(51(9)10)23-27(3)59-43)29(5)38(30(6)42(54)60-34)58-22-16-17-31-19-20-35(48-25-31)49-41(53)32-18-14-15-21-47-32/h14-15,18-21,25-30,33-34,37-40,43,52H,13,22-24H2,1-12H3,(H,48,49,53)/b50-36+/t26-,27-,28+,29+,30-,33+,34-,37-,38+,39-,40-,43+,45-,46-/m1/s1. The second-order valence-corrected chi connectivity index (χ2v) is 17.5. The Labute approximate surface area is 370 Å². The second-order valence-electron chi connectivity index (χ2n) is 17.5.